The number of hydrogen-bond acceptors (Lipinski definition) is 6. The van der Waals surface area contributed by atoms with Gasteiger partial charge in [0.1, 0.15) is 23.2 Å². The first kappa shape index (κ1) is 17.6. The molecule has 0 spiro atoms. The third-order valence-electron chi connectivity index (χ3n) is 5.14. The number of aryl methyl sites for hydroxylation is 1. The SMILES string of the molecule is COc1ccc2c(c1)C1=C(CC2)OC(N)=C(C#N)C1c1cccc([N+](=O)[O-])c1. The third-order valence-corrected chi connectivity index (χ3v) is 5.14. The maximum atomic E-state index is 11.3. The molecule has 0 radical (unpaired) electrons. The molecule has 7 nitrogen and oxygen atoms in total. The molecule has 2 aliphatic rings. The lowest BCUT2D eigenvalue weighted by molar-refractivity contribution is -0.384. The van der Waals surface area contributed by atoms with E-state index in [4.69, 9.17) is 15.2 Å². The lowest BCUT2D eigenvalue weighted by Gasteiger charge is -2.33. The van der Waals surface area contributed by atoms with Crippen LogP contribution in [-0.4, -0.2) is 12.0 Å². The fourth-order valence-electron chi connectivity index (χ4n) is 3.85. The van der Waals surface area contributed by atoms with Gasteiger partial charge in [0, 0.05) is 24.1 Å². The highest BCUT2D eigenvalue weighted by atomic mass is 16.6. The van der Waals surface area contributed by atoms with Crippen LogP contribution < -0.4 is 10.5 Å². The Morgan fingerprint density at radius 2 is 2.11 bits per heavy atom. The average Bonchev–Trinajstić information content (AvgIpc) is 2.72. The smallest absolute Gasteiger partial charge is 0.269 e. The molecule has 2 N–H and O–H groups in total. The van der Waals surface area contributed by atoms with Gasteiger partial charge in [0.05, 0.1) is 18.0 Å². The number of benzene rings is 2. The van der Waals surface area contributed by atoms with Crippen molar-refractivity contribution in [3.63, 3.8) is 0 Å². The topological polar surface area (TPSA) is 111 Å². The first-order valence-electron chi connectivity index (χ1n) is 8.75. The molecular formula is C21H17N3O4. The molecular weight excluding hydrogens is 358 g/mol. The van der Waals surface area contributed by atoms with E-state index in [-0.39, 0.29) is 17.1 Å². The van der Waals surface area contributed by atoms with E-state index in [1.165, 1.54) is 12.1 Å². The molecule has 1 aliphatic heterocycles. The first-order chi connectivity index (χ1) is 13.5. The van der Waals surface area contributed by atoms with Crippen molar-refractivity contribution in [3.8, 4) is 11.8 Å². The van der Waals surface area contributed by atoms with Crippen LogP contribution in [0.15, 0.2) is 59.7 Å². The summed E-state index contributed by atoms with van der Waals surface area (Å²) < 4.78 is 11.2. The van der Waals surface area contributed by atoms with Crippen LogP contribution in [0.5, 0.6) is 5.75 Å². The largest absolute Gasteiger partial charge is 0.497 e. The predicted molar refractivity (Wildman–Crippen MR) is 102 cm³/mol. The number of allylic oxidation sites excluding steroid dienone is 3. The van der Waals surface area contributed by atoms with Crippen LogP contribution in [0, 0.1) is 21.4 Å². The Bertz CT molecular complexity index is 1100. The number of non-ortho nitro benzene ring substituents is 1. The quantitative estimate of drug-likeness (QED) is 0.646. The van der Waals surface area contributed by atoms with Gasteiger partial charge in [0.2, 0.25) is 5.88 Å². The van der Waals surface area contributed by atoms with Gasteiger partial charge in [0.15, 0.2) is 0 Å². The molecule has 0 saturated heterocycles. The van der Waals surface area contributed by atoms with Gasteiger partial charge in [-0.1, -0.05) is 18.2 Å². The van der Waals surface area contributed by atoms with Crippen molar-refractivity contribution in [2.24, 2.45) is 5.73 Å². The zero-order chi connectivity index (χ0) is 19.8. The number of fused-ring (bicyclic) bond motifs is 2. The van der Waals surface area contributed by atoms with Gasteiger partial charge in [-0.2, -0.15) is 5.26 Å². The Morgan fingerprint density at radius 3 is 2.82 bits per heavy atom. The van der Waals surface area contributed by atoms with Crippen molar-refractivity contribution in [2.45, 2.75) is 18.8 Å². The first-order valence-corrected chi connectivity index (χ1v) is 8.75. The van der Waals surface area contributed by atoms with Gasteiger partial charge in [-0.15, -0.1) is 0 Å². The van der Waals surface area contributed by atoms with E-state index < -0.39 is 10.8 Å². The zero-order valence-corrected chi connectivity index (χ0v) is 15.1. The molecule has 0 saturated carbocycles. The number of nitro groups is 1. The van der Waals surface area contributed by atoms with E-state index in [1.54, 1.807) is 19.2 Å². The van der Waals surface area contributed by atoms with Crippen LogP contribution in [-0.2, 0) is 11.2 Å². The Kier molecular flexibility index (Phi) is 4.24. The Labute approximate surface area is 161 Å². The summed E-state index contributed by atoms with van der Waals surface area (Å²) >= 11 is 0. The molecule has 7 heteroatoms. The lowest BCUT2D eigenvalue weighted by Crippen LogP contribution is -2.23. The summed E-state index contributed by atoms with van der Waals surface area (Å²) in [7, 11) is 1.59. The molecule has 2 aromatic rings. The molecule has 2 aromatic carbocycles. The molecule has 140 valence electrons. The molecule has 0 fully saturated rings. The van der Waals surface area contributed by atoms with Crippen molar-refractivity contribution < 1.29 is 14.4 Å². The summed E-state index contributed by atoms with van der Waals surface area (Å²) in [5, 5.41) is 21.0. The van der Waals surface area contributed by atoms with Crippen molar-refractivity contribution in [3.05, 3.63) is 86.5 Å². The van der Waals surface area contributed by atoms with Gasteiger partial charge in [-0.3, -0.25) is 10.1 Å². The summed E-state index contributed by atoms with van der Waals surface area (Å²) in [5.74, 6) is 0.879. The molecule has 0 bridgehead atoms. The van der Waals surface area contributed by atoms with Gasteiger partial charge in [-0.25, -0.2) is 0 Å². The molecule has 1 aliphatic carbocycles. The van der Waals surface area contributed by atoms with E-state index in [2.05, 4.69) is 6.07 Å². The molecule has 4 rings (SSSR count). The maximum absolute atomic E-state index is 11.3. The number of methoxy groups -OCH3 is 1. The van der Waals surface area contributed by atoms with Crippen LogP contribution in [0.1, 0.15) is 29.0 Å². The second kappa shape index (κ2) is 6.74. The van der Waals surface area contributed by atoms with Crippen LogP contribution in [0.3, 0.4) is 0 Å². The lowest BCUT2D eigenvalue weighted by atomic mass is 9.75. The number of nitriles is 1. The van der Waals surface area contributed by atoms with Crippen LogP contribution >= 0.6 is 0 Å². The normalized spacial score (nSPS) is 17.9. The molecule has 0 aromatic heterocycles. The van der Waals surface area contributed by atoms with Gasteiger partial charge < -0.3 is 15.2 Å². The number of nitro benzene ring substituents is 1. The number of nitrogens with zero attached hydrogens (tertiary/aromatic N) is 2. The average molecular weight is 375 g/mol. The second-order valence-electron chi connectivity index (χ2n) is 6.64. The molecule has 1 heterocycles. The maximum Gasteiger partial charge on any atom is 0.269 e. The van der Waals surface area contributed by atoms with E-state index in [0.29, 0.717) is 23.5 Å². The highest BCUT2D eigenvalue weighted by molar-refractivity contribution is 5.82. The van der Waals surface area contributed by atoms with Crippen LogP contribution in [0.2, 0.25) is 0 Å². The molecule has 1 atom stereocenters. The highest BCUT2D eigenvalue weighted by Gasteiger charge is 2.37. The van der Waals surface area contributed by atoms with Crippen LogP contribution in [0.4, 0.5) is 5.69 Å². The number of hydrogen-bond donors (Lipinski definition) is 1. The number of nitrogens with two attached hydrogens (primary N) is 1. The van der Waals surface area contributed by atoms with Gasteiger partial charge >= 0.3 is 0 Å². The van der Waals surface area contributed by atoms with Crippen molar-refractivity contribution in [1.29, 1.82) is 5.26 Å². The molecule has 28 heavy (non-hydrogen) atoms. The zero-order valence-electron chi connectivity index (χ0n) is 15.1. The Morgan fingerprint density at radius 1 is 1.29 bits per heavy atom. The Balaban J connectivity index is 1.96. The minimum Gasteiger partial charge on any atom is -0.497 e. The fourth-order valence-corrected chi connectivity index (χ4v) is 3.85. The monoisotopic (exact) mass is 375 g/mol. The standard InChI is InChI=1S/C21H17N3O4/c1-27-15-7-5-12-6-8-18-20(16(12)10-15)19(17(11-22)21(23)28-18)13-3-2-4-14(9-13)24(25)26/h2-5,7,9-10,19H,6,8,23H2,1H3. The summed E-state index contributed by atoms with van der Waals surface area (Å²) in [5.41, 5.74) is 9.71. The highest BCUT2D eigenvalue weighted by Crippen LogP contribution is 2.49. The third kappa shape index (κ3) is 2.76. The summed E-state index contributed by atoms with van der Waals surface area (Å²) in [4.78, 5) is 10.8. The molecule has 1 unspecified atom stereocenters. The van der Waals surface area contributed by atoms with Crippen LogP contribution in [0.25, 0.3) is 5.57 Å². The fraction of sp³-hybridized carbons (Fsp3) is 0.190. The van der Waals surface area contributed by atoms with Crippen molar-refractivity contribution in [1.82, 2.24) is 0 Å². The van der Waals surface area contributed by atoms with Crippen molar-refractivity contribution in [2.75, 3.05) is 7.11 Å². The molecule has 0 amide bonds. The summed E-state index contributed by atoms with van der Waals surface area (Å²) in [6.07, 6.45) is 1.41. The number of ether oxygens (including phenoxy) is 2. The van der Waals surface area contributed by atoms with Crippen molar-refractivity contribution >= 4 is 11.3 Å². The van der Waals surface area contributed by atoms with E-state index in [0.717, 1.165) is 23.1 Å². The van der Waals surface area contributed by atoms with E-state index in [1.807, 2.05) is 18.2 Å². The minimum absolute atomic E-state index is 0.0383. The van der Waals surface area contributed by atoms with Gasteiger partial charge in [0.25, 0.3) is 5.69 Å². The number of rotatable bonds is 3. The van der Waals surface area contributed by atoms with E-state index >= 15 is 0 Å². The Hall–Kier alpha value is -3.79. The minimum atomic E-state index is -0.542. The summed E-state index contributed by atoms with van der Waals surface area (Å²) in [6, 6.07) is 14.2. The second-order valence-corrected chi connectivity index (χ2v) is 6.64. The van der Waals surface area contributed by atoms with Gasteiger partial charge in [-0.05, 0) is 35.2 Å². The van der Waals surface area contributed by atoms with E-state index in [9.17, 15) is 15.4 Å². The predicted octanol–water partition coefficient (Wildman–Crippen LogP) is 3.77. The summed E-state index contributed by atoms with van der Waals surface area (Å²) in [6.45, 7) is 0.